The largest absolute Gasteiger partial charge is 0.385 e. The third kappa shape index (κ3) is 6.10. The number of guanidine groups is 1. The summed E-state index contributed by atoms with van der Waals surface area (Å²) in [6, 6.07) is 4.10. The van der Waals surface area contributed by atoms with Gasteiger partial charge in [-0.2, -0.15) is 0 Å². The molecule has 0 amide bonds. The Balaban J connectivity index is 0.00000280. The summed E-state index contributed by atoms with van der Waals surface area (Å²) < 4.78 is 5.34. The van der Waals surface area contributed by atoms with Gasteiger partial charge in [0, 0.05) is 52.6 Å². The number of methoxy groups -OCH3 is 1. The van der Waals surface area contributed by atoms with Crippen LogP contribution in [0.25, 0.3) is 0 Å². The van der Waals surface area contributed by atoms with Gasteiger partial charge in [-0.05, 0) is 43.2 Å². The number of pyridine rings is 1. The van der Waals surface area contributed by atoms with Crippen molar-refractivity contribution in [2.24, 2.45) is 10.4 Å². The van der Waals surface area contributed by atoms with Crippen molar-refractivity contribution in [1.29, 1.82) is 0 Å². The highest BCUT2D eigenvalue weighted by Crippen LogP contribution is 2.40. The predicted molar refractivity (Wildman–Crippen MR) is 127 cm³/mol. The fourth-order valence-electron chi connectivity index (χ4n) is 4.30. The number of hydrogen-bond donors (Lipinski definition) is 2. The van der Waals surface area contributed by atoms with Gasteiger partial charge in [-0.25, -0.2) is 4.98 Å². The van der Waals surface area contributed by atoms with Crippen LogP contribution >= 0.6 is 35.6 Å². The molecule has 0 radical (unpaired) electrons. The van der Waals surface area contributed by atoms with Crippen molar-refractivity contribution in [3.63, 3.8) is 0 Å². The Kier molecular flexibility index (Phi) is 9.56. The average molecular weight is 522 g/mol. The lowest BCUT2D eigenvalue weighted by molar-refractivity contribution is 0.138. The first-order valence-electron chi connectivity index (χ1n) is 9.97. The van der Waals surface area contributed by atoms with Crippen LogP contribution in [-0.2, 0) is 4.74 Å². The van der Waals surface area contributed by atoms with E-state index in [2.05, 4.69) is 25.5 Å². The summed E-state index contributed by atoms with van der Waals surface area (Å²) in [5.74, 6) is 1.76. The van der Waals surface area contributed by atoms with Crippen molar-refractivity contribution in [2.45, 2.75) is 44.6 Å². The first kappa shape index (κ1) is 23.5. The van der Waals surface area contributed by atoms with Crippen LogP contribution in [-0.4, -0.2) is 57.4 Å². The topological polar surface area (TPSA) is 61.8 Å². The highest BCUT2D eigenvalue weighted by Gasteiger charge is 2.34. The van der Waals surface area contributed by atoms with Gasteiger partial charge in [0.25, 0.3) is 0 Å². The molecule has 2 fully saturated rings. The molecule has 6 nitrogen and oxygen atoms in total. The van der Waals surface area contributed by atoms with Crippen molar-refractivity contribution in [1.82, 2.24) is 15.6 Å². The molecule has 158 valence electrons. The smallest absolute Gasteiger partial charge is 0.191 e. The fourth-order valence-corrected chi connectivity index (χ4v) is 4.54. The molecule has 1 aromatic heterocycles. The normalized spacial score (nSPS) is 21.5. The van der Waals surface area contributed by atoms with Crippen LogP contribution in [0.1, 0.15) is 38.5 Å². The minimum Gasteiger partial charge on any atom is -0.385 e. The molecule has 2 N–H and O–H groups in total. The molecule has 1 aliphatic heterocycles. The average Bonchev–Trinajstić information content (AvgIpc) is 3.34. The van der Waals surface area contributed by atoms with Crippen molar-refractivity contribution < 1.29 is 4.74 Å². The van der Waals surface area contributed by atoms with Gasteiger partial charge in [0.05, 0.1) is 5.02 Å². The number of ether oxygens (including phenoxy) is 1. The molecule has 0 aromatic carbocycles. The Labute approximate surface area is 190 Å². The SMILES string of the molecule is CN=C(NCC1(CCOC)CCCC1)NC1CCN(c2ncccc2Cl)C1.I. The van der Waals surface area contributed by atoms with E-state index in [1.54, 1.807) is 13.3 Å². The highest BCUT2D eigenvalue weighted by molar-refractivity contribution is 14.0. The van der Waals surface area contributed by atoms with Crippen LogP contribution in [0.5, 0.6) is 0 Å². The molecule has 8 heteroatoms. The van der Waals surface area contributed by atoms with E-state index in [0.717, 1.165) is 50.9 Å². The van der Waals surface area contributed by atoms with E-state index in [-0.39, 0.29) is 24.0 Å². The second-order valence-corrected chi connectivity index (χ2v) is 8.17. The minimum absolute atomic E-state index is 0. The minimum atomic E-state index is 0. The lowest BCUT2D eigenvalue weighted by Crippen LogP contribution is -2.47. The number of halogens is 2. The number of nitrogens with one attached hydrogen (secondary N) is 2. The Morgan fingerprint density at radius 1 is 1.43 bits per heavy atom. The van der Waals surface area contributed by atoms with E-state index in [1.807, 2.05) is 19.2 Å². The predicted octanol–water partition coefficient (Wildman–Crippen LogP) is 3.69. The van der Waals surface area contributed by atoms with E-state index in [1.165, 1.54) is 25.7 Å². The van der Waals surface area contributed by atoms with Crippen molar-refractivity contribution in [2.75, 3.05) is 45.3 Å². The molecule has 2 heterocycles. The van der Waals surface area contributed by atoms with Crippen molar-refractivity contribution >= 4 is 47.4 Å². The zero-order chi connectivity index (χ0) is 19.1. The maximum atomic E-state index is 6.29. The molecule has 28 heavy (non-hydrogen) atoms. The second kappa shape index (κ2) is 11.4. The fraction of sp³-hybridized carbons (Fsp3) is 0.700. The van der Waals surface area contributed by atoms with E-state index in [4.69, 9.17) is 16.3 Å². The number of nitrogens with zero attached hydrogens (tertiary/aromatic N) is 3. The van der Waals surface area contributed by atoms with Gasteiger partial charge in [0.1, 0.15) is 5.82 Å². The van der Waals surface area contributed by atoms with Crippen LogP contribution in [0, 0.1) is 5.41 Å². The molecule has 1 saturated carbocycles. The molecular weight excluding hydrogens is 489 g/mol. The molecule has 2 aliphatic rings. The molecule has 0 bridgehead atoms. The summed E-state index contributed by atoms with van der Waals surface area (Å²) in [5, 5.41) is 7.86. The monoisotopic (exact) mass is 521 g/mol. The van der Waals surface area contributed by atoms with Crippen LogP contribution in [0.4, 0.5) is 5.82 Å². The number of aliphatic imine (C=N–C) groups is 1. The number of anilines is 1. The summed E-state index contributed by atoms with van der Waals surface area (Å²) in [7, 11) is 3.63. The van der Waals surface area contributed by atoms with Gasteiger partial charge in [-0.15, -0.1) is 24.0 Å². The van der Waals surface area contributed by atoms with E-state index in [9.17, 15) is 0 Å². The quantitative estimate of drug-likeness (QED) is 0.326. The third-order valence-electron chi connectivity index (χ3n) is 5.92. The Hall–Kier alpha value is -0.800. The van der Waals surface area contributed by atoms with E-state index < -0.39 is 0 Å². The zero-order valence-corrected chi connectivity index (χ0v) is 20.0. The van der Waals surface area contributed by atoms with Crippen LogP contribution in [0.2, 0.25) is 5.02 Å². The number of aromatic nitrogens is 1. The number of hydrogen-bond acceptors (Lipinski definition) is 4. The molecule has 0 spiro atoms. The van der Waals surface area contributed by atoms with Crippen molar-refractivity contribution in [3.05, 3.63) is 23.4 Å². The standard InChI is InChI=1S/C20H32ClN5O.HI/c1-22-19(24-15-20(10-13-27-2)8-3-4-9-20)25-16-7-12-26(14-16)18-17(21)6-5-11-23-18;/h5-6,11,16H,3-4,7-10,12-15H2,1-2H3,(H2,22,24,25);1H. The Morgan fingerprint density at radius 2 is 2.21 bits per heavy atom. The Morgan fingerprint density at radius 3 is 2.89 bits per heavy atom. The van der Waals surface area contributed by atoms with Gasteiger partial charge >= 0.3 is 0 Å². The first-order valence-corrected chi connectivity index (χ1v) is 10.4. The molecule has 1 atom stereocenters. The number of rotatable bonds is 7. The first-order chi connectivity index (χ1) is 13.2. The zero-order valence-electron chi connectivity index (χ0n) is 16.9. The lowest BCUT2D eigenvalue weighted by Gasteiger charge is -2.30. The maximum Gasteiger partial charge on any atom is 0.191 e. The molecule has 1 aliphatic carbocycles. The summed E-state index contributed by atoms with van der Waals surface area (Å²) in [6.45, 7) is 3.62. The highest BCUT2D eigenvalue weighted by atomic mass is 127. The molecular formula is C20H33ClIN5O. The third-order valence-corrected chi connectivity index (χ3v) is 6.22. The van der Waals surface area contributed by atoms with E-state index in [0.29, 0.717) is 16.5 Å². The maximum absolute atomic E-state index is 6.29. The van der Waals surface area contributed by atoms with Gasteiger partial charge in [0.2, 0.25) is 0 Å². The lowest BCUT2D eigenvalue weighted by atomic mass is 9.83. The summed E-state index contributed by atoms with van der Waals surface area (Å²) >= 11 is 6.29. The van der Waals surface area contributed by atoms with Gasteiger partial charge < -0.3 is 20.3 Å². The second-order valence-electron chi connectivity index (χ2n) is 7.76. The van der Waals surface area contributed by atoms with Crippen LogP contribution in [0.15, 0.2) is 23.3 Å². The molecule has 1 saturated heterocycles. The van der Waals surface area contributed by atoms with Gasteiger partial charge in [-0.3, -0.25) is 4.99 Å². The molecule has 1 aromatic rings. The van der Waals surface area contributed by atoms with Crippen molar-refractivity contribution in [3.8, 4) is 0 Å². The summed E-state index contributed by atoms with van der Waals surface area (Å²) in [5.41, 5.74) is 0.344. The summed E-state index contributed by atoms with van der Waals surface area (Å²) in [4.78, 5) is 11.1. The van der Waals surface area contributed by atoms with E-state index >= 15 is 0 Å². The molecule has 3 rings (SSSR count). The van der Waals surface area contributed by atoms with Crippen LogP contribution in [0.3, 0.4) is 0 Å². The van der Waals surface area contributed by atoms with Crippen LogP contribution < -0.4 is 15.5 Å². The van der Waals surface area contributed by atoms with Gasteiger partial charge in [-0.1, -0.05) is 24.4 Å². The van der Waals surface area contributed by atoms with Gasteiger partial charge in [0.15, 0.2) is 5.96 Å². The Bertz CT molecular complexity index is 639. The summed E-state index contributed by atoms with van der Waals surface area (Å²) in [6.07, 6.45) is 9.14. The molecule has 1 unspecified atom stereocenters.